The van der Waals surface area contributed by atoms with Crippen molar-refractivity contribution in [2.24, 2.45) is 5.92 Å². The number of benzene rings is 1. The molecule has 0 fully saturated rings. The first-order chi connectivity index (χ1) is 13.0. The Morgan fingerprint density at radius 1 is 1.33 bits per heavy atom. The summed E-state index contributed by atoms with van der Waals surface area (Å²) >= 11 is 0. The molecule has 3 aromatic rings. The van der Waals surface area contributed by atoms with Gasteiger partial charge >= 0.3 is 6.16 Å². The number of nitrogens with zero attached hydrogens (tertiary/aromatic N) is 5. The average Bonchev–Trinajstić information content (AvgIpc) is 3.29. The smallest absolute Gasteiger partial charge is 0.434 e. The Hall–Kier alpha value is -3.49. The van der Waals surface area contributed by atoms with Gasteiger partial charge in [-0.2, -0.15) is 0 Å². The molecule has 2 aromatic heterocycles. The summed E-state index contributed by atoms with van der Waals surface area (Å²) in [6.07, 6.45) is 5.30. The van der Waals surface area contributed by atoms with E-state index < -0.39 is 6.16 Å². The van der Waals surface area contributed by atoms with Gasteiger partial charge < -0.3 is 13.9 Å². The minimum atomic E-state index is -0.735. The SMILES string of the molecule is Cc1cc(OC(=O)OCC(C)C)cc(-c2ncn(/C=C\c3nnco3)n2)c1. The molecule has 0 unspecified atom stereocenters. The number of rotatable bonds is 6. The van der Waals surface area contributed by atoms with Crippen molar-refractivity contribution in [1.29, 1.82) is 0 Å². The van der Waals surface area contributed by atoms with E-state index in [-0.39, 0.29) is 5.92 Å². The number of carbonyl (C=O) groups excluding carboxylic acids is 1. The molecule has 0 saturated carbocycles. The number of aromatic nitrogens is 5. The van der Waals surface area contributed by atoms with Gasteiger partial charge in [0.2, 0.25) is 12.3 Å². The van der Waals surface area contributed by atoms with Crippen LogP contribution < -0.4 is 4.74 Å². The summed E-state index contributed by atoms with van der Waals surface area (Å²) in [6.45, 7) is 6.10. The number of ether oxygens (including phenoxy) is 2. The van der Waals surface area contributed by atoms with Gasteiger partial charge in [-0.25, -0.2) is 14.5 Å². The van der Waals surface area contributed by atoms with Crippen LogP contribution in [0.2, 0.25) is 0 Å². The molecule has 3 rings (SSSR count). The quantitative estimate of drug-likeness (QED) is 0.481. The highest BCUT2D eigenvalue weighted by Crippen LogP contribution is 2.24. The molecule has 9 nitrogen and oxygen atoms in total. The van der Waals surface area contributed by atoms with E-state index >= 15 is 0 Å². The fraction of sp³-hybridized carbons (Fsp3) is 0.278. The number of carbonyl (C=O) groups is 1. The lowest BCUT2D eigenvalue weighted by atomic mass is 10.1. The van der Waals surface area contributed by atoms with Crippen LogP contribution in [0.1, 0.15) is 25.3 Å². The Labute approximate surface area is 155 Å². The molecule has 0 aliphatic rings. The minimum absolute atomic E-state index is 0.235. The Morgan fingerprint density at radius 3 is 2.93 bits per heavy atom. The Balaban J connectivity index is 1.73. The van der Waals surface area contributed by atoms with E-state index in [4.69, 9.17) is 13.9 Å². The lowest BCUT2D eigenvalue weighted by Crippen LogP contribution is -2.14. The maximum Gasteiger partial charge on any atom is 0.513 e. The van der Waals surface area contributed by atoms with E-state index in [1.807, 2.05) is 26.8 Å². The minimum Gasteiger partial charge on any atom is -0.434 e. The van der Waals surface area contributed by atoms with E-state index in [1.54, 1.807) is 30.7 Å². The van der Waals surface area contributed by atoms with Gasteiger partial charge in [-0.3, -0.25) is 0 Å². The molecule has 2 heterocycles. The van der Waals surface area contributed by atoms with Crippen molar-refractivity contribution in [2.45, 2.75) is 20.8 Å². The van der Waals surface area contributed by atoms with Gasteiger partial charge in [-0.15, -0.1) is 15.3 Å². The van der Waals surface area contributed by atoms with Gasteiger partial charge in [0.05, 0.1) is 6.61 Å². The summed E-state index contributed by atoms with van der Waals surface area (Å²) in [5, 5.41) is 11.7. The third-order valence-corrected chi connectivity index (χ3v) is 3.30. The summed E-state index contributed by atoms with van der Waals surface area (Å²) in [7, 11) is 0. The number of aryl methyl sites for hydroxylation is 1. The third-order valence-electron chi connectivity index (χ3n) is 3.30. The molecule has 9 heteroatoms. The van der Waals surface area contributed by atoms with Crippen LogP contribution in [0.4, 0.5) is 4.79 Å². The van der Waals surface area contributed by atoms with Crippen LogP contribution in [-0.4, -0.2) is 37.7 Å². The lowest BCUT2D eigenvalue weighted by molar-refractivity contribution is 0.0886. The van der Waals surface area contributed by atoms with Crippen LogP contribution >= 0.6 is 0 Å². The van der Waals surface area contributed by atoms with Crippen LogP contribution in [0.5, 0.6) is 5.75 Å². The second-order valence-corrected chi connectivity index (χ2v) is 6.23. The second-order valence-electron chi connectivity index (χ2n) is 6.23. The Morgan fingerprint density at radius 2 is 2.19 bits per heavy atom. The first-order valence-electron chi connectivity index (χ1n) is 8.32. The molecule has 0 aliphatic carbocycles. The lowest BCUT2D eigenvalue weighted by Gasteiger charge is -2.09. The van der Waals surface area contributed by atoms with Crippen LogP contribution in [0.15, 0.2) is 35.3 Å². The molecule has 0 spiro atoms. The Kier molecular flexibility index (Phi) is 5.60. The summed E-state index contributed by atoms with van der Waals surface area (Å²) in [6, 6.07) is 5.32. The van der Waals surface area contributed by atoms with Crippen molar-refractivity contribution >= 4 is 18.4 Å². The van der Waals surface area contributed by atoms with Gasteiger partial charge in [-0.05, 0) is 36.6 Å². The zero-order valence-corrected chi connectivity index (χ0v) is 15.2. The van der Waals surface area contributed by atoms with Crippen molar-refractivity contribution in [3.05, 3.63) is 42.4 Å². The summed E-state index contributed by atoms with van der Waals surface area (Å²) in [5.74, 6) is 1.45. The molecule has 0 radical (unpaired) electrons. The number of hydrogen-bond donors (Lipinski definition) is 0. The van der Waals surface area contributed by atoms with Crippen molar-refractivity contribution in [1.82, 2.24) is 25.0 Å². The fourth-order valence-corrected chi connectivity index (χ4v) is 2.17. The predicted molar refractivity (Wildman–Crippen MR) is 96.5 cm³/mol. The largest absolute Gasteiger partial charge is 0.513 e. The average molecular weight is 369 g/mol. The third kappa shape index (κ3) is 5.24. The van der Waals surface area contributed by atoms with Crippen molar-refractivity contribution < 1.29 is 18.7 Å². The van der Waals surface area contributed by atoms with Gasteiger partial charge in [-0.1, -0.05) is 13.8 Å². The van der Waals surface area contributed by atoms with E-state index in [2.05, 4.69) is 20.3 Å². The maximum atomic E-state index is 11.8. The van der Waals surface area contributed by atoms with Crippen LogP contribution in [-0.2, 0) is 4.74 Å². The molecular weight excluding hydrogens is 350 g/mol. The highest BCUT2D eigenvalue weighted by Gasteiger charge is 2.11. The second kappa shape index (κ2) is 8.26. The van der Waals surface area contributed by atoms with Crippen molar-refractivity contribution in [3.63, 3.8) is 0 Å². The highest BCUT2D eigenvalue weighted by atomic mass is 16.7. The maximum absolute atomic E-state index is 11.8. The van der Waals surface area contributed by atoms with Crippen LogP contribution in [0, 0.1) is 12.8 Å². The molecule has 1 aromatic carbocycles. The summed E-state index contributed by atoms with van der Waals surface area (Å²) < 4.78 is 16.8. The van der Waals surface area contributed by atoms with Gasteiger partial charge in [0.1, 0.15) is 12.1 Å². The predicted octanol–water partition coefficient (Wildman–Crippen LogP) is 3.44. The van der Waals surface area contributed by atoms with E-state index in [0.717, 1.165) is 5.56 Å². The molecule has 0 bridgehead atoms. The molecular formula is C18H19N5O4. The zero-order chi connectivity index (χ0) is 19.2. The summed E-state index contributed by atoms with van der Waals surface area (Å²) in [5.41, 5.74) is 1.61. The van der Waals surface area contributed by atoms with Crippen molar-refractivity contribution in [2.75, 3.05) is 6.61 Å². The molecule has 0 N–H and O–H groups in total. The molecule has 27 heavy (non-hydrogen) atoms. The van der Waals surface area contributed by atoms with E-state index in [0.29, 0.717) is 29.6 Å². The first-order valence-corrected chi connectivity index (χ1v) is 8.32. The molecule has 0 saturated heterocycles. The van der Waals surface area contributed by atoms with E-state index in [9.17, 15) is 4.79 Å². The highest BCUT2D eigenvalue weighted by molar-refractivity contribution is 5.66. The van der Waals surface area contributed by atoms with E-state index in [1.165, 1.54) is 11.1 Å². The number of hydrogen-bond acceptors (Lipinski definition) is 8. The molecule has 140 valence electrons. The van der Waals surface area contributed by atoms with Gasteiger partial charge in [0.15, 0.2) is 5.82 Å². The molecule has 0 amide bonds. The monoisotopic (exact) mass is 369 g/mol. The van der Waals surface area contributed by atoms with Crippen molar-refractivity contribution in [3.8, 4) is 17.1 Å². The molecule has 0 atom stereocenters. The standard InChI is InChI=1S/C18H19N5O4/c1-12(2)9-25-18(24)27-15-7-13(3)6-14(8-15)17-19-10-23(22-17)5-4-16-21-20-11-26-16/h4-8,10-12H,9H2,1-3H3/b5-4-. The van der Waals surface area contributed by atoms with Gasteiger partial charge in [0, 0.05) is 17.8 Å². The topological polar surface area (TPSA) is 105 Å². The van der Waals surface area contributed by atoms with Gasteiger partial charge in [0.25, 0.3) is 0 Å². The fourth-order valence-electron chi connectivity index (χ4n) is 2.17. The zero-order valence-electron chi connectivity index (χ0n) is 15.2. The van der Waals surface area contributed by atoms with Crippen LogP contribution in [0.25, 0.3) is 23.7 Å². The first kappa shape index (κ1) is 18.3. The normalized spacial score (nSPS) is 11.3. The summed E-state index contributed by atoms with van der Waals surface area (Å²) in [4.78, 5) is 16.0. The van der Waals surface area contributed by atoms with Crippen LogP contribution in [0.3, 0.4) is 0 Å². The Bertz CT molecular complexity index is 931. The molecule has 0 aliphatic heterocycles.